The van der Waals surface area contributed by atoms with Crippen molar-refractivity contribution in [2.24, 2.45) is 0 Å². The quantitative estimate of drug-likeness (QED) is 0.928. The third-order valence-electron chi connectivity index (χ3n) is 3.53. The molecule has 1 aliphatic heterocycles. The molecule has 1 saturated heterocycles. The molecule has 1 unspecified atom stereocenters. The van der Waals surface area contributed by atoms with E-state index < -0.39 is 0 Å². The van der Waals surface area contributed by atoms with Crippen molar-refractivity contribution in [1.82, 2.24) is 4.98 Å². The molecule has 2 aromatic rings. The normalized spacial score (nSPS) is 17.5. The zero-order valence-electron chi connectivity index (χ0n) is 13.8. The van der Waals surface area contributed by atoms with Gasteiger partial charge in [-0.05, 0) is 36.2 Å². The van der Waals surface area contributed by atoms with Crippen LogP contribution >= 0.6 is 0 Å². The molecule has 0 spiro atoms. The number of H-pyrrole nitrogens is 1. The zero-order chi connectivity index (χ0) is 15.9. The van der Waals surface area contributed by atoms with E-state index in [-0.39, 0.29) is 6.10 Å². The van der Waals surface area contributed by atoms with Gasteiger partial charge < -0.3 is 19.2 Å². The Kier molecular flexibility index (Phi) is 6.04. The van der Waals surface area contributed by atoms with Crippen LogP contribution in [0.2, 0.25) is 0 Å². The molecule has 1 atom stereocenters. The number of aromatic nitrogens is 1. The van der Waals surface area contributed by atoms with Crippen molar-refractivity contribution in [3.63, 3.8) is 0 Å². The molecule has 0 saturated carbocycles. The smallest absolute Gasteiger partial charge is 0.128 e. The number of ether oxygens (including phenoxy) is 3. The van der Waals surface area contributed by atoms with Gasteiger partial charge in [0.25, 0.3) is 0 Å². The van der Waals surface area contributed by atoms with Gasteiger partial charge in [0.15, 0.2) is 0 Å². The second kappa shape index (κ2) is 8.01. The van der Waals surface area contributed by atoms with Crippen LogP contribution in [0.15, 0.2) is 30.5 Å². The van der Waals surface area contributed by atoms with E-state index >= 15 is 0 Å². The average Bonchev–Trinajstić information content (AvgIpc) is 3.03. The predicted octanol–water partition coefficient (Wildman–Crippen LogP) is 4.11. The van der Waals surface area contributed by atoms with Crippen LogP contribution in [0, 0.1) is 6.92 Å². The number of aryl methyl sites for hydroxylation is 1. The van der Waals surface area contributed by atoms with Crippen LogP contribution in [-0.2, 0) is 9.47 Å². The highest BCUT2D eigenvalue weighted by molar-refractivity contribution is 5.68. The molecular weight excluding hydrogens is 278 g/mol. The number of rotatable bonds is 3. The Morgan fingerprint density at radius 1 is 1.18 bits per heavy atom. The van der Waals surface area contributed by atoms with Crippen molar-refractivity contribution < 1.29 is 14.2 Å². The first-order chi connectivity index (χ1) is 10.8. The molecule has 1 aromatic heterocycles. The lowest BCUT2D eigenvalue weighted by Crippen LogP contribution is -2.21. The van der Waals surface area contributed by atoms with Crippen molar-refractivity contribution in [1.29, 1.82) is 0 Å². The third kappa shape index (κ3) is 3.70. The Morgan fingerprint density at radius 2 is 2.00 bits per heavy atom. The Morgan fingerprint density at radius 3 is 2.59 bits per heavy atom. The fourth-order valence-corrected chi connectivity index (χ4v) is 2.47. The van der Waals surface area contributed by atoms with E-state index in [4.69, 9.17) is 14.2 Å². The maximum atomic E-state index is 5.72. The van der Waals surface area contributed by atoms with E-state index in [1.54, 1.807) is 7.11 Å². The van der Waals surface area contributed by atoms with Gasteiger partial charge in [0, 0.05) is 17.5 Å². The predicted molar refractivity (Wildman–Crippen MR) is 88.4 cm³/mol. The lowest BCUT2D eigenvalue weighted by molar-refractivity contribution is -0.0901. The number of benzene rings is 1. The van der Waals surface area contributed by atoms with E-state index in [0.29, 0.717) is 19.8 Å². The average molecular weight is 303 g/mol. The number of hydrogen-bond donors (Lipinski definition) is 1. The maximum Gasteiger partial charge on any atom is 0.128 e. The molecule has 1 fully saturated rings. The van der Waals surface area contributed by atoms with Crippen LogP contribution in [0.5, 0.6) is 5.75 Å². The topological polar surface area (TPSA) is 43.5 Å². The van der Waals surface area contributed by atoms with E-state index in [0.717, 1.165) is 22.6 Å². The van der Waals surface area contributed by atoms with Gasteiger partial charge in [0.1, 0.15) is 11.9 Å². The van der Waals surface area contributed by atoms with Gasteiger partial charge in [0.05, 0.1) is 26.9 Å². The highest BCUT2D eigenvalue weighted by Crippen LogP contribution is 2.33. The van der Waals surface area contributed by atoms with Crippen LogP contribution in [0.1, 0.15) is 31.1 Å². The van der Waals surface area contributed by atoms with Gasteiger partial charge in [-0.2, -0.15) is 0 Å². The summed E-state index contributed by atoms with van der Waals surface area (Å²) in [5.74, 6) is 0.846. The van der Waals surface area contributed by atoms with Gasteiger partial charge in [-0.1, -0.05) is 19.9 Å². The monoisotopic (exact) mass is 303 g/mol. The minimum Gasteiger partial charge on any atom is -0.496 e. The largest absolute Gasteiger partial charge is 0.496 e. The summed E-state index contributed by atoms with van der Waals surface area (Å²) in [6.45, 7) is 7.98. The Hall–Kier alpha value is -1.78. The fourth-order valence-electron chi connectivity index (χ4n) is 2.47. The summed E-state index contributed by atoms with van der Waals surface area (Å²) in [6.07, 6.45) is 1.98. The third-order valence-corrected chi connectivity index (χ3v) is 3.53. The number of aromatic amines is 1. The van der Waals surface area contributed by atoms with E-state index in [2.05, 4.69) is 30.1 Å². The first-order valence-corrected chi connectivity index (χ1v) is 7.80. The fraction of sp³-hybridized carbons (Fsp3) is 0.444. The summed E-state index contributed by atoms with van der Waals surface area (Å²) in [7, 11) is 1.69. The molecule has 1 aliphatic rings. The van der Waals surface area contributed by atoms with Crippen molar-refractivity contribution >= 4 is 0 Å². The van der Waals surface area contributed by atoms with Crippen molar-refractivity contribution in [2.45, 2.75) is 26.9 Å². The molecule has 1 N–H and O–H groups in total. The highest BCUT2D eigenvalue weighted by Gasteiger charge is 2.18. The molecule has 4 nitrogen and oxygen atoms in total. The van der Waals surface area contributed by atoms with Crippen LogP contribution < -0.4 is 4.74 Å². The molecule has 3 rings (SSSR count). The molecule has 0 radical (unpaired) electrons. The molecule has 1 aromatic carbocycles. The summed E-state index contributed by atoms with van der Waals surface area (Å²) in [5.41, 5.74) is 4.41. The Labute approximate surface area is 132 Å². The second-order valence-corrected chi connectivity index (χ2v) is 4.98. The summed E-state index contributed by atoms with van der Waals surface area (Å²) in [5, 5.41) is 0. The molecule has 0 amide bonds. The second-order valence-electron chi connectivity index (χ2n) is 4.98. The summed E-state index contributed by atoms with van der Waals surface area (Å²) in [4.78, 5) is 3.26. The van der Waals surface area contributed by atoms with Crippen molar-refractivity contribution in [3.8, 4) is 17.0 Å². The standard InChI is InChI=1S/C16H19NO3.C2H6/c1-11-7-14(17-9-11)13-4-3-12(8-15(13)18-2)16-10-19-5-6-20-16;1-2/h3-4,7-9,16-17H,5-6,10H2,1-2H3;1-2H3. The lowest BCUT2D eigenvalue weighted by atomic mass is 10.0. The van der Waals surface area contributed by atoms with Crippen molar-refractivity contribution in [2.75, 3.05) is 26.9 Å². The van der Waals surface area contributed by atoms with E-state index in [9.17, 15) is 0 Å². The van der Waals surface area contributed by atoms with Gasteiger partial charge in [-0.25, -0.2) is 0 Å². The molecule has 2 heterocycles. The Bertz CT molecular complexity index is 586. The number of nitrogens with one attached hydrogen (secondary N) is 1. The molecular formula is C18H25NO3. The minimum atomic E-state index is -0.00271. The Balaban J connectivity index is 0.000000847. The van der Waals surface area contributed by atoms with E-state index in [1.165, 1.54) is 5.56 Å². The van der Waals surface area contributed by atoms with Gasteiger partial charge in [-0.3, -0.25) is 0 Å². The summed E-state index contributed by atoms with van der Waals surface area (Å²) >= 11 is 0. The summed E-state index contributed by atoms with van der Waals surface area (Å²) in [6, 6.07) is 8.29. The molecule has 22 heavy (non-hydrogen) atoms. The van der Waals surface area contributed by atoms with Crippen LogP contribution in [0.4, 0.5) is 0 Å². The SMILES string of the molecule is CC.COc1cc(C2COCCO2)ccc1-c1cc(C)c[nH]1. The van der Waals surface area contributed by atoms with Gasteiger partial charge in [0.2, 0.25) is 0 Å². The van der Waals surface area contributed by atoms with Crippen molar-refractivity contribution in [3.05, 3.63) is 41.6 Å². The van der Waals surface area contributed by atoms with E-state index in [1.807, 2.05) is 26.1 Å². The highest BCUT2D eigenvalue weighted by atomic mass is 16.6. The molecule has 0 aliphatic carbocycles. The number of methoxy groups -OCH3 is 1. The van der Waals surface area contributed by atoms with Gasteiger partial charge >= 0.3 is 0 Å². The maximum absolute atomic E-state index is 5.72. The molecule has 0 bridgehead atoms. The first-order valence-electron chi connectivity index (χ1n) is 7.80. The number of hydrogen-bond acceptors (Lipinski definition) is 3. The first kappa shape index (κ1) is 16.6. The van der Waals surface area contributed by atoms with Gasteiger partial charge in [-0.15, -0.1) is 0 Å². The minimum absolute atomic E-state index is 0.00271. The van der Waals surface area contributed by atoms with Crippen LogP contribution in [-0.4, -0.2) is 31.9 Å². The van der Waals surface area contributed by atoms with Crippen LogP contribution in [0.3, 0.4) is 0 Å². The zero-order valence-corrected chi connectivity index (χ0v) is 13.8. The summed E-state index contributed by atoms with van der Waals surface area (Å²) < 4.78 is 16.7. The van der Waals surface area contributed by atoms with Crippen LogP contribution in [0.25, 0.3) is 11.3 Å². The molecule has 120 valence electrons. The lowest BCUT2D eigenvalue weighted by Gasteiger charge is -2.24. The molecule has 4 heteroatoms.